The standard InChI is InChI=1S/C25H35NO2S/c1-2-28-25(27)22-16-18-23(19-17-22)26-20-12-10-8-6-4-3-5-7-9-11-14-24-15-13-21-29-24/h11,13-19,21,26H,2-10,12,20H2,1H3/b14-11+. The number of carbonyl (C=O) groups is 1. The molecule has 29 heavy (non-hydrogen) atoms. The van der Waals surface area contributed by atoms with Gasteiger partial charge >= 0.3 is 5.97 Å². The normalized spacial score (nSPS) is 11.1. The Morgan fingerprint density at radius 1 is 0.966 bits per heavy atom. The number of benzene rings is 1. The van der Waals surface area contributed by atoms with Crippen molar-refractivity contribution >= 4 is 29.1 Å². The maximum absolute atomic E-state index is 11.6. The number of hydrogen-bond acceptors (Lipinski definition) is 4. The lowest BCUT2D eigenvalue weighted by molar-refractivity contribution is 0.0526. The van der Waals surface area contributed by atoms with E-state index in [0.29, 0.717) is 12.2 Å². The number of unbranched alkanes of at least 4 members (excludes halogenated alkanes) is 8. The van der Waals surface area contributed by atoms with Gasteiger partial charge in [-0.15, -0.1) is 11.3 Å². The highest BCUT2D eigenvalue weighted by molar-refractivity contribution is 7.10. The molecule has 0 fully saturated rings. The number of carbonyl (C=O) groups excluding carboxylic acids is 1. The number of esters is 1. The van der Waals surface area contributed by atoms with Crippen molar-refractivity contribution in [2.24, 2.45) is 0 Å². The number of hydrogen-bond donors (Lipinski definition) is 1. The molecule has 0 radical (unpaired) electrons. The summed E-state index contributed by atoms with van der Waals surface area (Å²) in [5, 5.41) is 5.55. The molecule has 0 atom stereocenters. The molecular formula is C25H35NO2S. The van der Waals surface area contributed by atoms with E-state index >= 15 is 0 Å². The van der Waals surface area contributed by atoms with Gasteiger partial charge in [-0.1, -0.05) is 50.7 Å². The molecule has 0 saturated carbocycles. The van der Waals surface area contributed by atoms with Crippen LogP contribution in [0.5, 0.6) is 0 Å². The fraction of sp³-hybridized carbons (Fsp3) is 0.480. The van der Waals surface area contributed by atoms with Gasteiger partial charge in [-0.25, -0.2) is 4.79 Å². The van der Waals surface area contributed by atoms with Crippen molar-refractivity contribution in [3.8, 4) is 0 Å². The Balaban J connectivity index is 1.39. The molecular weight excluding hydrogens is 378 g/mol. The summed E-state index contributed by atoms with van der Waals surface area (Å²) in [5.74, 6) is -0.256. The molecule has 2 rings (SSSR count). The van der Waals surface area contributed by atoms with Crippen LogP contribution in [-0.4, -0.2) is 19.1 Å². The molecule has 0 bridgehead atoms. The molecule has 0 aliphatic carbocycles. The number of thiophene rings is 1. The van der Waals surface area contributed by atoms with Gasteiger partial charge in [0.15, 0.2) is 0 Å². The van der Waals surface area contributed by atoms with Crippen molar-refractivity contribution in [1.82, 2.24) is 0 Å². The average molecular weight is 414 g/mol. The Bertz CT molecular complexity index is 692. The van der Waals surface area contributed by atoms with E-state index in [0.717, 1.165) is 12.2 Å². The Kier molecular flexibility index (Phi) is 11.9. The van der Waals surface area contributed by atoms with E-state index in [4.69, 9.17) is 4.74 Å². The summed E-state index contributed by atoms with van der Waals surface area (Å²) in [7, 11) is 0. The molecule has 3 nitrogen and oxygen atoms in total. The highest BCUT2D eigenvalue weighted by atomic mass is 32.1. The third-order valence-electron chi connectivity index (χ3n) is 4.85. The lowest BCUT2D eigenvalue weighted by Gasteiger charge is -2.07. The summed E-state index contributed by atoms with van der Waals surface area (Å²) in [6, 6.07) is 11.8. The predicted octanol–water partition coefficient (Wildman–Crippen LogP) is 7.56. The lowest BCUT2D eigenvalue weighted by Crippen LogP contribution is -2.05. The molecule has 4 heteroatoms. The molecule has 158 valence electrons. The topological polar surface area (TPSA) is 38.3 Å². The van der Waals surface area contributed by atoms with Crippen LogP contribution in [0.2, 0.25) is 0 Å². The van der Waals surface area contributed by atoms with Crippen molar-refractivity contribution in [1.29, 1.82) is 0 Å². The van der Waals surface area contributed by atoms with Gasteiger partial charge < -0.3 is 10.1 Å². The summed E-state index contributed by atoms with van der Waals surface area (Å²) in [6.45, 7) is 3.21. The third kappa shape index (κ3) is 10.3. The van der Waals surface area contributed by atoms with E-state index < -0.39 is 0 Å². The van der Waals surface area contributed by atoms with E-state index in [1.54, 1.807) is 11.3 Å². The maximum Gasteiger partial charge on any atom is 0.338 e. The van der Waals surface area contributed by atoms with Crippen molar-refractivity contribution in [3.63, 3.8) is 0 Å². The van der Waals surface area contributed by atoms with Crippen molar-refractivity contribution in [2.45, 2.75) is 64.7 Å². The minimum atomic E-state index is -0.256. The van der Waals surface area contributed by atoms with E-state index in [9.17, 15) is 4.79 Å². The van der Waals surface area contributed by atoms with Crippen LogP contribution in [0.25, 0.3) is 6.08 Å². The Morgan fingerprint density at radius 3 is 2.31 bits per heavy atom. The van der Waals surface area contributed by atoms with E-state index in [2.05, 4.69) is 35.0 Å². The molecule has 0 unspecified atom stereocenters. The second kappa shape index (κ2) is 14.9. The van der Waals surface area contributed by atoms with Gasteiger partial charge in [0.2, 0.25) is 0 Å². The van der Waals surface area contributed by atoms with Crippen LogP contribution >= 0.6 is 11.3 Å². The van der Waals surface area contributed by atoms with Crippen LogP contribution in [0.3, 0.4) is 0 Å². The number of allylic oxidation sites excluding steroid dienone is 1. The average Bonchev–Trinajstić information content (AvgIpc) is 3.25. The van der Waals surface area contributed by atoms with Gasteiger partial charge in [-0.2, -0.15) is 0 Å². The van der Waals surface area contributed by atoms with Gasteiger partial charge in [-0.05, 0) is 68.0 Å². The zero-order valence-electron chi connectivity index (χ0n) is 17.7. The van der Waals surface area contributed by atoms with Crippen LogP contribution in [0.15, 0.2) is 47.9 Å². The Hall–Kier alpha value is -2.07. The first-order chi connectivity index (χ1) is 14.3. The van der Waals surface area contributed by atoms with Crippen LogP contribution in [0.4, 0.5) is 5.69 Å². The molecule has 0 aliphatic heterocycles. The SMILES string of the molecule is CCOC(=O)c1ccc(NCCCCCCCCCC/C=C/c2cccs2)cc1. The van der Waals surface area contributed by atoms with Gasteiger partial charge in [0, 0.05) is 17.1 Å². The number of nitrogens with one attached hydrogen (secondary N) is 1. The summed E-state index contributed by atoms with van der Waals surface area (Å²) in [4.78, 5) is 13.0. The van der Waals surface area contributed by atoms with Crippen molar-refractivity contribution in [3.05, 3.63) is 58.3 Å². The first kappa shape index (κ1) is 23.2. The minimum Gasteiger partial charge on any atom is -0.462 e. The molecule has 1 heterocycles. The molecule has 1 N–H and O–H groups in total. The van der Waals surface area contributed by atoms with Gasteiger partial charge in [0.25, 0.3) is 0 Å². The van der Waals surface area contributed by atoms with Crippen LogP contribution < -0.4 is 5.32 Å². The third-order valence-corrected chi connectivity index (χ3v) is 5.69. The summed E-state index contributed by atoms with van der Waals surface area (Å²) >= 11 is 1.80. The lowest BCUT2D eigenvalue weighted by atomic mass is 10.1. The highest BCUT2D eigenvalue weighted by Gasteiger charge is 2.05. The summed E-state index contributed by atoms with van der Waals surface area (Å²) in [5.41, 5.74) is 1.67. The van der Waals surface area contributed by atoms with E-state index in [1.807, 2.05) is 31.2 Å². The first-order valence-electron chi connectivity index (χ1n) is 11.0. The smallest absolute Gasteiger partial charge is 0.338 e. The van der Waals surface area contributed by atoms with E-state index in [1.165, 1.54) is 62.7 Å². The fourth-order valence-corrected chi connectivity index (χ4v) is 3.85. The van der Waals surface area contributed by atoms with Gasteiger partial charge in [0.1, 0.15) is 0 Å². The quantitative estimate of drug-likeness (QED) is 0.242. The fourth-order valence-electron chi connectivity index (χ4n) is 3.20. The zero-order chi connectivity index (χ0) is 20.6. The number of anilines is 1. The molecule has 1 aromatic heterocycles. The highest BCUT2D eigenvalue weighted by Crippen LogP contribution is 2.14. The molecule has 0 amide bonds. The van der Waals surface area contributed by atoms with Crippen LogP contribution in [-0.2, 0) is 4.74 Å². The number of ether oxygens (including phenoxy) is 1. The summed E-state index contributed by atoms with van der Waals surface area (Å²) in [6.07, 6.45) is 16.3. The molecule has 2 aromatic rings. The maximum atomic E-state index is 11.6. The van der Waals surface area contributed by atoms with Crippen molar-refractivity contribution < 1.29 is 9.53 Å². The van der Waals surface area contributed by atoms with Crippen molar-refractivity contribution in [2.75, 3.05) is 18.5 Å². The Morgan fingerprint density at radius 2 is 1.66 bits per heavy atom. The second-order valence-corrected chi connectivity index (χ2v) is 8.24. The number of rotatable bonds is 15. The van der Waals surface area contributed by atoms with E-state index in [-0.39, 0.29) is 5.97 Å². The first-order valence-corrected chi connectivity index (χ1v) is 11.9. The molecule has 0 spiro atoms. The Labute approximate surface area is 180 Å². The van der Waals surface area contributed by atoms with Gasteiger partial charge in [0.05, 0.1) is 12.2 Å². The predicted molar refractivity (Wildman–Crippen MR) is 126 cm³/mol. The van der Waals surface area contributed by atoms with Gasteiger partial charge in [-0.3, -0.25) is 0 Å². The zero-order valence-corrected chi connectivity index (χ0v) is 18.5. The molecule has 0 saturated heterocycles. The largest absolute Gasteiger partial charge is 0.462 e. The monoisotopic (exact) mass is 413 g/mol. The minimum absolute atomic E-state index is 0.256. The van der Waals surface area contributed by atoms with Crippen LogP contribution in [0.1, 0.15) is 79.9 Å². The molecule has 0 aliphatic rings. The summed E-state index contributed by atoms with van der Waals surface area (Å²) < 4.78 is 5.00. The van der Waals surface area contributed by atoms with Crippen LogP contribution in [0, 0.1) is 0 Å². The molecule has 1 aromatic carbocycles. The second-order valence-electron chi connectivity index (χ2n) is 7.26.